The van der Waals surface area contributed by atoms with E-state index in [2.05, 4.69) is 126 Å². The van der Waals surface area contributed by atoms with Gasteiger partial charge in [-0.2, -0.15) is 0 Å². The Balaban J connectivity index is 1.11. The average Bonchev–Trinajstić information content (AvgIpc) is 3.84. The van der Waals surface area contributed by atoms with Crippen LogP contribution in [0.15, 0.2) is 192 Å². The fourth-order valence-corrected chi connectivity index (χ4v) is 8.36. The number of benzene rings is 8. The fraction of sp³-hybridized carbons (Fsp3) is 0. The first-order valence-electron chi connectivity index (χ1n) is 19.3. The van der Waals surface area contributed by atoms with Gasteiger partial charge in [0.25, 0.3) is 0 Å². The quantitative estimate of drug-likeness (QED) is 0.176. The molecule has 0 spiro atoms. The highest BCUT2D eigenvalue weighted by molar-refractivity contribution is 6.10. The van der Waals surface area contributed by atoms with E-state index in [4.69, 9.17) is 23.9 Å². The maximum Gasteiger partial charge on any atom is 0.170 e. The van der Waals surface area contributed by atoms with Gasteiger partial charge in [0.1, 0.15) is 11.2 Å². The largest absolute Gasteiger partial charge is 0.455 e. The first-order chi connectivity index (χ1) is 28.7. The van der Waals surface area contributed by atoms with Crippen molar-refractivity contribution < 1.29 is 13.9 Å². The molecular weight excluding hydrogens is 715 g/mol. The molecule has 0 fully saturated rings. The molecule has 0 aliphatic carbocycles. The van der Waals surface area contributed by atoms with Crippen molar-refractivity contribution in [1.29, 1.82) is 0 Å². The second-order valence-corrected chi connectivity index (χ2v) is 14.6. The van der Waals surface area contributed by atoms with Crippen molar-refractivity contribution in [3.63, 3.8) is 0 Å². The van der Waals surface area contributed by atoms with Crippen LogP contribution < -0.4 is 9.47 Å². The number of hydrogen-bond acceptors (Lipinski definition) is 5. The van der Waals surface area contributed by atoms with Crippen molar-refractivity contribution in [2.75, 3.05) is 0 Å². The Morgan fingerprint density at radius 1 is 0.379 bits per heavy atom. The third-order valence-corrected chi connectivity index (χ3v) is 11.1. The second kappa shape index (κ2) is 12.8. The van der Waals surface area contributed by atoms with Gasteiger partial charge in [-0.15, -0.1) is 0 Å². The van der Waals surface area contributed by atoms with Crippen LogP contribution in [-0.2, 0) is 0 Å². The first kappa shape index (κ1) is 32.3. The first-order valence-corrected chi connectivity index (χ1v) is 19.3. The molecule has 11 aromatic rings. The van der Waals surface area contributed by atoms with Gasteiger partial charge in [0, 0.05) is 43.9 Å². The number of hydrogen-bond donors (Lipinski definition) is 0. The van der Waals surface area contributed by atoms with E-state index in [1.54, 1.807) is 0 Å². The lowest BCUT2D eigenvalue weighted by Gasteiger charge is -2.21. The van der Waals surface area contributed by atoms with Crippen molar-refractivity contribution in [3.05, 3.63) is 188 Å². The molecule has 6 nitrogen and oxygen atoms in total. The molecule has 0 atom stereocenters. The van der Waals surface area contributed by atoms with Crippen molar-refractivity contribution in [1.82, 2.24) is 14.5 Å². The monoisotopic (exact) mass is 745 g/mol. The van der Waals surface area contributed by atoms with Gasteiger partial charge in [0.2, 0.25) is 0 Å². The predicted octanol–water partition coefficient (Wildman–Crippen LogP) is 14.0. The van der Waals surface area contributed by atoms with Crippen LogP contribution in [0.2, 0.25) is 0 Å². The van der Waals surface area contributed by atoms with Crippen LogP contribution >= 0.6 is 0 Å². The highest BCUT2D eigenvalue weighted by atomic mass is 16.6. The summed E-state index contributed by atoms with van der Waals surface area (Å²) in [6.07, 6.45) is 0. The summed E-state index contributed by atoms with van der Waals surface area (Å²) in [7, 11) is 0. The van der Waals surface area contributed by atoms with Crippen molar-refractivity contribution in [2.45, 2.75) is 0 Å². The number of fused-ring (bicyclic) bond motifs is 8. The van der Waals surface area contributed by atoms with Gasteiger partial charge >= 0.3 is 0 Å². The molecule has 1 aliphatic heterocycles. The summed E-state index contributed by atoms with van der Waals surface area (Å²) in [6, 6.07) is 64.4. The van der Waals surface area contributed by atoms with Crippen LogP contribution in [0.5, 0.6) is 23.0 Å². The standard InChI is InChI=1S/C52H31N3O3/c1-2-13-32(14-3-1)52-53-42(31-43(54-52)41-19-12-18-40-39-17-6-9-22-46(39)58-51(40)41)35-27-34(33-25-26-49-50(30-33)57-48-24-11-10-23-47(48)56-49)28-36(29-35)55-44-20-7-4-15-37(44)38-16-5-8-21-45(38)55/h1-31H. The number of para-hydroxylation sites is 6. The van der Waals surface area contributed by atoms with Gasteiger partial charge in [-0.25, -0.2) is 9.97 Å². The summed E-state index contributed by atoms with van der Waals surface area (Å²) >= 11 is 0. The lowest BCUT2D eigenvalue weighted by molar-refractivity contribution is 0.360. The molecule has 8 aromatic carbocycles. The van der Waals surface area contributed by atoms with Gasteiger partial charge in [0.15, 0.2) is 28.8 Å². The summed E-state index contributed by atoms with van der Waals surface area (Å²) in [5.41, 5.74) is 11.2. The molecule has 0 saturated heterocycles. The molecule has 0 amide bonds. The number of aromatic nitrogens is 3. The molecule has 58 heavy (non-hydrogen) atoms. The maximum absolute atomic E-state index is 6.54. The molecule has 0 saturated carbocycles. The third kappa shape index (κ3) is 5.20. The maximum atomic E-state index is 6.54. The molecule has 0 radical (unpaired) electrons. The smallest absolute Gasteiger partial charge is 0.170 e. The normalized spacial score (nSPS) is 12.1. The highest BCUT2D eigenvalue weighted by Gasteiger charge is 2.22. The van der Waals surface area contributed by atoms with Crippen molar-refractivity contribution >= 4 is 43.7 Å². The van der Waals surface area contributed by atoms with E-state index < -0.39 is 0 Å². The topological polar surface area (TPSA) is 62.3 Å². The summed E-state index contributed by atoms with van der Waals surface area (Å²) in [5.74, 6) is 3.35. The van der Waals surface area contributed by atoms with Gasteiger partial charge in [-0.05, 0) is 83.9 Å². The minimum absolute atomic E-state index is 0.628. The lowest BCUT2D eigenvalue weighted by Crippen LogP contribution is -2.00. The Labute approximate surface area is 332 Å². The van der Waals surface area contributed by atoms with E-state index in [1.165, 1.54) is 10.8 Å². The lowest BCUT2D eigenvalue weighted by atomic mass is 9.98. The van der Waals surface area contributed by atoms with E-state index in [0.717, 1.165) is 77.9 Å². The zero-order valence-electron chi connectivity index (χ0n) is 31.0. The Kier molecular flexibility index (Phi) is 7.13. The molecular formula is C52H31N3O3. The number of ether oxygens (including phenoxy) is 2. The van der Waals surface area contributed by atoms with Crippen LogP contribution in [0, 0.1) is 0 Å². The SMILES string of the molecule is c1ccc(-c2nc(-c3cc(-c4ccc5c(c4)Oc4ccccc4O5)cc(-n4c5ccccc5c5ccccc54)c3)cc(-c3cccc4c3oc3ccccc34)n2)cc1. The Morgan fingerprint density at radius 2 is 1.00 bits per heavy atom. The summed E-state index contributed by atoms with van der Waals surface area (Å²) in [6.45, 7) is 0. The van der Waals surface area contributed by atoms with Crippen molar-refractivity contribution in [2.24, 2.45) is 0 Å². The molecule has 0 unspecified atom stereocenters. The van der Waals surface area contributed by atoms with E-state index in [9.17, 15) is 0 Å². The molecule has 12 rings (SSSR count). The molecule has 0 bridgehead atoms. The minimum Gasteiger partial charge on any atom is -0.455 e. The second-order valence-electron chi connectivity index (χ2n) is 14.6. The average molecular weight is 746 g/mol. The Bertz CT molecular complexity index is 3370. The molecule has 6 heteroatoms. The van der Waals surface area contributed by atoms with E-state index in [-0.39, 0.29) is 0 Å². The van der Waals surface area contributed by atoms with E-state index >= 15 is 0 Å². The summed E-state index contributed by atoms with van der Waals surface area (Å²) in [4.78, 5) is 10.5. The summed E-state index contributed by atoms with van der Waals surface area (Å²) in [5, 5.41) is 4.50. The predicted molar refractivity (Wildman–Crippen MR) is 232 cm³/mol. The number of rotatable bonds is 5. The van der Waals surface area contributed by atoms with Crippen LogP contribution in [0.1, 0.15) is 0 Å². The van der Waals surface area contributed by atoms with Crippen LogP contribution in [0.25, 0.3) is 94.5 Å². The van der Waals surface area contributed by atoms with Crippen LogP contribution in [0.4, 0.5) is 0 Å². The number of furan rings is 1. The van der Waals surface area contributed by atoms with Crippen LogP contribution in [-0.4, -0.2) is 14.5 Å². The highest BCUT2D eigenvalue weighted by Crippen LogP contribution is 2.47. The number of nitrogens with zero attached hydrogens (tertiary/aromatic N) is 3. The Morgan fingerprint density at radius 3 is 1.79 bits per heavy atom. The third-order valence-electron chi connectivity index (χ3n) is 11.1. The van der Waals surface area contributed by atoms with E-state index in [0.29, 0.717) is 28.8 Å². The Hall–Kier alpha value is -7.96. The minimum atomic E-state index is 0.628. The molecule has 1 aliphatic rings. The van der Waals surface area contributed by atoms with Gasteiger partial charge < -0.3 is 18.5 Å². The fourth-order valence-electron chi connectivity index (χ4n) is 8.36. The molecule has 272 valence electrons. The van der Waals surface area contributed by atoms with Gasteiger partial charge in [-0.3, -0.25) is 0 Å². The van der Waals surface area contributed by atoms with E-state index in [1.807, 2.05) is 66.7 Å². The zero-order chi connectivity index (χ0) is 38.2. The molecule has 4 heterocycles. The zero-order valence-corrected chi connectivity index (χ0v) is 31.0. The molecule has 3 aromatic heterocycles. The van der Waals surface area contributed by atoms with Gasteiger partial charge in [-0.1, -0.05) is 115 Å². The summed E-state index contributed by atoms with van der Waals surface area (Å²) < 4.78 is 21.5. The van der Waals surface area contributed by atoms with Crippen molar-refractivity contribution in [3.8, 4) is 73.7 Å². The molecule has 0 N–H and O–H groups in total. The van der Waals surface area contributed by atoms with Crippen LogP contribution in [0.3, 0.4) is 0 Å². The van der Waals surface area contributed by atoms with Gasteiger partial charge in [0.05, 0.1) is 22.4 Å².